The third-order valence-corrected chi connectivity index (χ3v) is 15.1. The molecule has 8 heteroatoms. The Labute approximate surface area is 324 Å². The van der Waals surface area contributed by atoms with Crippen molar-refractivity contribution in [3.8, 4) is 0 Å². The normalized spacial score (nSPS) is 16.5. The fraction of sp³-hybridized carbons (Fsp3) is 0.0851. The Balaban J connectivity index is 1.62. The highest BCUT2D eigenvalue weighted by Crippen LogP contribution is 2.59. The van der Waals surface area contributed by atoms with Gasteiger partial charge in [-0.3, -0.25) is 14.4 Å². The number of fused-ring (bicyclic) bond motifs is 2. The highest BCUT2D eigenvalue weighted by atomic mass is 35.5. The van der Waals surface area contributed by atoms with Crippen LogP contribution in [0, 0.1) is 6.92 Å². The summed E-state index contributed by atoms with van der Waals surface area (Å²) in [6, 6.07) is 50.0. The lowest BCUT2D eigenvalue weighted by molar-refractivity contribution is -0.135. The number of amides is 1. The van der Waals surface area contributed by atoms with Gasteiger partial charge in [-0.2, -0.15) is 0 Å². The first-order valence-electron chi connectivity index (χ1n) is 17.8. The Morgan fingerprint density at radius 1 is 0.691 bits per heavy atom. The van der Waals surface area contributed by atoms with Gasteiger partial charge in [0.2, 0.25) is 0 Å². The lowest BCUT2D eigenvalue weighted by Crippen LogP contribution is -2.49. The Bertz CT molecular complexity index is 2480. The number of ketones is 2. The van der Waals surface area contributed by atoms with Crippen molar-refractivity contribution in [1.82, 2.24) is 0 Å². The van der Waals surface area contributed by atoms with E-state index in [1.807, 2.05) is 128 Å². The van der Waals surface area contributed by atoms with Crippen LogP contribution >= 0.6 is 18.5 Å². The van der Waals surface area contributed by atoms with Crippen molar-refractivity contribution in [2.75, 3.05) is 12.0 Å². The fourth-order valence-electron chi connectivity index (χ4n) is 8.11. The average Bonchev–Trinajstić information content (AvgIpc) is 3.63. The second-order valence-electron chi connectivity index (χ2n) is 13.6. The van der Waals surface area contributed by atoms with Gasteiger partial charge < -0.3 is 9.64 Å². The van der Waals surface area contributed by atoms with Gasteiger partial charge in [0.05, 0.1) is 19.2 Å². The molecule has 0 aromatic heterocycles. The second kappa shape index (κ2) is 14.3. The molecule has 2 aliphatic rings. The van der Waals surface area contributed by atoms with Crippen molar-refractivity contribution in [1.29, 1.82) is 0 Å². The number of carbonyl (C=O) groups excluding carboxylic acids is 4. The molecule has 1 atom stereocenters. The maximum atomic E-state index is 16.5. The molecule has 1 heterocycles. The van der Waals surface area contributed by atoms with Gasteiger partial charge in [-0.25, -0.2) is 4.79 Å². The zero-order chi connectivity index (χ0) is 38.3. The molecule has 0 saturated heterocycles. The van der Waals surface area contributed by atoms with Crippen LogP contribution in [0.5, 0.6) is 0 Å². The molecule has 1 aliphatic carbocycles. The molecule has 0 bridgehead atoms. The number of hydrogen-bond acceptors (Lipinski definition) is 5. The second-order valence-corrected chi connectivity index (χ2v) is 17.4. The highest BCUT2D eigenvalue weighted by Gasteiger charge is 2.67. The van der Waals surface area contributed by atoms with E-state index in [-0.39, 0.29) is 39.1 Å². The monoisotopic (exact) mass is 759 g/mol. The maximum absolute atomic E-state index is 16.5. The first-order valence-corrected chi connectivity index (χ1v) is 20.0. The van der Waals surface area contributed by atoms with Crippen LogP contribution in [-0.4, -0.2) is 35.8 Å². The van der Waals surface area contributed by atoms with Crippen LogP contribution in [0.4, 0.5) is 5.69 Å². The molecule has 0 saturated carbocycles. The van der Waals surface area contributed by atoms with E-state index < -0.39 is 35.7 Å². The molecule has 6 aromatic carbocycles. The van der Waals surface area contributed by atoms with Gasteiger partial charge in [0.25, 0.3) is 5.91 Å². The summed E-state index contributed by atoms with van der Waals surface area (Å²) in [5.74, 6) is -2.81. The third kappa shape index (κ3) is 5.55. The summed E-state index contributed by atoms with van der Waals surface area (Å²) in [5, 5.41) is 2.61. The van der Waals surface area contributed by atoms with Crippen LogP contribution in [0.15, 0.2) is 175 Å². The molecule has 8 rings (SSSR count). The molecule has 1 amide bonds. The van der Waals surface area contributed by atoms with Crippen molar-refractivity contribution in [2.24, 2.45) is 0 Å². The van der Waals surface area contributed by atoms with Crippen molar-refractivity contribution in [3.63, 3.8) is 0 Å². The lowest BCUT2D eigenvalue weighted by atomic mass is 9.72. The molecule has 6 nitrogen and oxygen atoms in total. The van der Waals surface area contributed by atoms with Gasteiger partial charge >= 0.3 is 5.97 Å². The van der Waals surface area contributed by atoms with E-state index in [1.54, 1.807) is 42.5 Å². The van der Waals surface area contributed by atoms with Gasteiger partial charge in [0.15, 0.2) is 17.0 Å². The number of esters is 1. The van der Waals surface area contributed by atoms with E-state index in [2.05, 4.69) is 0 Å². The summed E-state index contributed by atoms with van der Waals surface area (Å²) < 4.78 is 5.57. The van der Waals surface area contributed by atoms with Crippen LogP contribution in [0.25, 0.3) is 0 Å². The third-order valence-electron chi connectivity index (χ3n) is 10.5. The predicted molar refractivity (Wildman–Crippen MR) is 220 cm³/mol. The average molecular weight is 760 g/mol. The molecule has 1 unspecified atom stereocenters. The number of hydrogen-bond donors (Lipinski definition) is 0. The standard InChI is InChI=1S/C47H35ClNO5P/c1-31-23-25-33(26-24-31)42(50)41-40(45(52)54-2)43(55(35-17-9-4-10-18-35,36-19-11-5-12-20-36)37-21-13-6-14-22-37)44(51)47(41)38-29-34(48)27-28-39(38)49(46(47)53)30-32-15-7-3-8-16-32/h3-29H,30H2,1-2H3. The highest BCUT2D eigenvalue weighted by molar-refractivity contribution is 7.97. The fourth-order valence-corrected chi connectivity index (χ4v) is 12.8. The lowest BCUT2D eigenvalue weighted by Gasteiger charge is -2.32. The summed E-state index contributed by atoms with van der Waals surface area (Å²) in [6.07, 6.45) is 0. The topological polar surface area (TPSA) is 80.8 Å². The van der Waals surface area contributed by atoms with Crippen LogP contribution in [-0.2, 0) is 31.1 Å². The van der Waals surface area contributed by atoms with E-state index in [4.69, 9.17) is 16.3 Å². The first-order chi connectivity index (χ1) is 26.7. The number of Topliss-reactive ketones (excluding diaryl/α,β-unsaturated/α-hetero) is 2. The van der Waals surface area contributed by atoms with Crippen LogP contribution in [0.3, 0.4) is 0 Å². The van der Waals surface area contributed by atoms with Crippen molar-refractivity contribution in [3.05, 3.63) is 202 Å². The van der Waals surface area contributed by atoms with E-state index in [0.717, 1.165) is 27.0 Å². The number of anilines is 1. The van der Waals surface area contributed by atoms with Gasteiger partial charge in [-0.1, -0.05) is 163 Å². The Morgan fingerprint density at radius 3 is 1.71 bits per heavy atom. The Hall–Kier alpha value is -6.07. The largest absolute Gasteiger partial charge is 0.465 e. The molecule has 0 fully saturated rings. The maximum Gasteiger partial charge on any atom is 0.339 e. The number of nitrogens with zero attached hydrogens (tertiary/aromatic N) is 1. The number of benzene rings is 6. The van der Waals surface area contributed by atoms with Gasteiger partial charge in [-0.15, -0.1) is 0 Å². The number of rotatable bonds is 8. The zero-order valence-corrected chi connectivity index (χ0v) is 31.8. The van der Waals surface area contributed by atoms with E-state index >= 15 is 14.4 Å². The minimum absolute atomic E-state index is 0.0687. The number of aryl methyl sites for hydroxylation is 1. The molecular formula is C47H35ClNO5P. The van der Waals surface area contributed by atoms with Gasteiger partial charge in [-0.05, 0) is 53.5 Å². The molecular weight excluding hydrogens is 725 g/mol. The van der Waals surface area contributed by atoms with Crippen LogP contribution in [0.2, 0.25) is 5.02 Å². The molecule has 0 N–H and O–H groups in total. The van der Waals surface area contributed by atoms with Crippen LogP contribution in [0.1, 0.15) is 27.0 Å². The molecule has 0 radical (unpaired) electrons. The molecule has 6 aromatic rings. The quantitative estimate of drug-likeness (QED) is 0.0694. The van der Waals surface area contributed by atoms with Crippen molar-refractivity contribution in [2.45, 2.75) is 18.9 Å². The summed E-state index contributed by atoms with van der Waals surface area (Å²) in [7, 11) is 1.23. The molecule has 1 spiro atoms. The van der Waals surface area contributed by atoms with Crippen LogP contribution < -0.4 is 20.8 Å². The SMILES string of the molecule is COC(=O)C1=C(C(=O)c2ccc(C)cc2)C2(C(=O)C1=P(c1ccccc1)(c1ccccc1)c1ccccc1)C(=O)N(Cc1ccccc1)c1ccc(Cl)cc12. The number of halogens is 1. The molecule has 1 aliphatic heterocycles. The molecule has 270 valence electrons. The van der Waals surface area contributed by atoms with Gasteiger partial charge in [0, 0.05) is 32.7 Å². The molecule has 55 heavy (non-hydrogen) atoms. The number of methoxy groups -OCH3 is 1. The van der Waals surface area contributed by atoms with Crippen molar-refractivity contribution >= 4 is 68.8 Å². The smallest absolute Gasteiger partial charge is 0.339 e. The van der Waals surface area contributed by atoms with E-state index in [9.17, 15) is 4.79 Å². The summed E-state index contributed by atoms with van der Waals surface area (Å²) in [4.78, 5) is 64.0. The minimum Gasteiger partial charge on any atom is -0.465 e. The van der Waals surface area contributed by atoms with E-state index in [0.29, 0.717) is 5.69 Å². The predicted octanol–water partition coefficient (Wildman–Crippen LogP) is 7.53. The Kier molecular flexibility index (Phi) is 9.34. The Morgan fingerprint density at radius 2 is 1.20 bits per heavy atom. The van der Waals surface area contributed by atoms with Gasteiger partial charge in [0.1, 0.15) is 0 Å². The summed E-state index contributed by atoms with van der Waals surface area (Å²) in [6.45, 7) is -1.41. The minimum atomic E-state index is -3.42. The summed E-state index contributed by atoms with van der Waals surface area (Å²) >= 11 is 6.76. The van der Waals surface area contributed by atoms with Crippen molar-refractivity contribution < 1.29 is 23.9 Å². The summed E-state index contributed by atoms with van der Waals surface area (Å²) in [5.41, 5.74) is -0.112. The zero-order valence-electron chi connectivity index (χ0n) is 30.1. The van der Waals surface area contributed by atoms with E-state index in [1.165, 1.54) is 12.0 Å². The number of ether oxygens (including phenoxy) is 1. The first kappa shape index (κ1) is 35.9. The number of carbonyl (C=O) groups is 4.